The van der Waals surface area contributed by atoms with Crippen LogP contribution in [0.4, 0.5) is 0 Å². The predicted molar refractivity (Wildman–Crippen MR) is 121 cm³/mol. The first-order valence-electron chi connectivity index (χ1n) is 10.5. The first-order valence-corrected chi connectivity index (χ1v) is 11.3. The minimum Gasteiger partial charge on any atom is -0.497 e. The molecule has 0 aliphatic carbocycles. The van der Waals surface area contributed by atoms with E-state index in [0.717, 1.165) is 57.3 Å². The van der Waals surface area contributed by atoms with Crippen molar-refractivity contribution in [3.63, 3.8) is 0 Å². The lowest BCUT2D eigenvalue weighted by Gasteiger charge is -2.38. The molecule has 1 aliphatic heterocycles. The molecule has 5 nitrogen and oxygen atoms in total. The number of hydrogen-bond donors (Lipinski definition) is 2. The second-order valence-corrected chi connectivity index (χ2v) is 8.64. The molecule has 1 aliphatic rings. The summed E-state index contributed by atoms with van der Waals surface area (Å²) in [4.78, 5) is 7.53. The Labute approximate surface area is 178 Å². The number of aliphatic imine (C=N–C) groups is 1. The maximum Gasteiger partial charge on any atom is 0.191 e. The normalized spacial score (nSPS) is 16.4. The summed E-state index contributed by atoms with van der Waals surface area (Å²) < 4.78 is 11.0. The fraction of sp³-hybridized carbons (Fsp3) is 0.522. The number of thiophene rings is 1. The summed E-state index contributed by atoms with van der Waals surface area (Å²) in [6.45, 7) is 8.25. The van der Waals surface area contributed by atoms with Gasteiger partial charge in [0, 0.05) is 41.5 Å². The zero-order chi connectivity index (χ0) is 20.5. The minimum atomic E-state index is 0.0407. The molecule has 0 radical (unpaired) electrons. The molecule has 2 heterocycles. The van der Waals surface area contributed by atoms with Crippen LogP contribution in [0, 0.1) is 0 Å². The number of aryl methyl sites for hydroxylation is 1. The molecule has 0 amide bonds. The van der Waals surface area contributed by atoms with E-state index in [1.807, 2.05) is 23.5 Å². The maximum atomic E-state index is 5.67. The lowest BCUT2D eigenvalue weighted by atomic mass is 9.74. The molecule has 0 saturated carbocycles. The first kappa shape index (κ1) is 21.7. The van der Waals surface area contributed by atoms with Crippen LogP contribution in [0.15, 0.2) is 41.4 Å². The van der Waals surface area contributed by atoms with Crippen molar-refractivity contribution < 1.29 is 9.47 Å². The van der Waals surface area contributed by atoms with Gasteiger partial charge in [-0.3, -0.25) is 0 Å². The van der Waals surface area contributed by atoms with E-state index in [1.165, 1.54) is 15.3 Å². The Kier molecular flexibility index (Phi) is 7.95. The van der Waals surface area contributed by atoms with Crippen LogP contribution in [-0.2, 0) is 23.1 Å². The Balaban J connectivity index is 1.72. The van der Waals surface area contributed by atoms with Crippen molar-refractivity contribution in [1.29, 1.82) is 0 Å². The highest BCUT2D eigenvalue weighted by molar-refractivity contribution is 7.11. The Morgan fingerprint density at radius 1 is 1.07 bits per heavy atom. The number of guanidine groups is 1. The van der Waals surface area contributed by atoms with E-state index in [1.54, 1.807) is 7.11 Å². The average Bonchev–Trinajstić information content (AvgIpc) is 3.24. The van der Waals surface area contributed by atoms with Crippen molar-refractivity contribution in [3.8, 4) is 5.75 Å². The zero-order valence-corrected chi connectivity index (χ0v) is 18.6. The van der Waals surface area contributed by atoms with E-state index >= 15 is 0 Å². The molecular formula is C23H33N3O2S. The van der Waals surface area contributed by atoms with Gasteiger partial charge in [0.1, 0.15) is 5.75 Å². The molecular weight excluding hydrogens is 382 g/mol. The third-order valence-electron chi connectivity index (χ3n) is 5.55. The number of hydrogen-bond acceptors (Lipinski definition) is 4. The Bertz CT molecular complexity index is 780. The van der Waals surface area contributed by atoms with Crippen molar-refractivity contribution in [2.24, 2.45) is 4.99 Å². The van der Waals surface area contributed by atoms with Crippen LogP contribution < -0.4 is 15.4 Å². The summed E-state index contributed by atoms with van der Waals surface area (Å²) in [7, 11) is 1.71. The summed E-state index contributed by atoms with van der Waals surface area (Å²) in [5.41, 5.74) is 1.37. The molecule has 1 aromatic carbocycles. The van der Waals surface area contributed by atoms with Crippen LogP contribution in [-0.4, -0.2) is 39.4 Å². The third kappa shape index (κ3) is 5.73. The summed E-state index contributed by atoms with van der Waals surface area (Å²) in [6, 6.07) is 12.9. The summed E-state index contributed by atoms with van der Waals surface area (Å²) in [5.74, 6) is 1.76. The van der Waals surface area contributed by atoms with Gasteiger partial charge in [-0.1, -0.05) is 19.1 Å². The van der Waals surface area contributed by atoms with Gasteiger partial charge in [0.05, 0.1) is 13.7 Å². The molecule has 0 atom stereocenters. The molecule has 1 fully saturated rings. The first-order chi connectivity index (χ1) is 14.2. The molecule has 0 unspecified atom stereocenters. The molecule has 29 heavy (non-hydrogen) atoms. The number of benzene rings is 1. The number of nitrogens with zero attached hydrogens (tertiary/aromatic N) is 1. The highest BCUT2D eigenvalue weighted by atomic mass is 32.1. The van der Waals surface area contributed by atoms with Gasteiger partial charge < -0.3 is 20.1 Å². The predicted octanol–water partition coefficient (Wildman–Crippen LogP) is 4.12. The Morgan fingerprint density at radius 2 is 1.79 bits per heavy atom. The highest BCUT2D eigenvalue weighted by Gasteiger charge is 2.34. The number of ether oxygens (including phenoxy) is 2. The molecule has 2 aromatic rings. The molecule has 1 aromatic heterocycles. The molecule has 2 N–H and O–H groups in total. The fourth-order valence-electron chi connectivity index (χ4n) is 3.72. The summed E-state index contributed by atoms with van der Waals surface area (Å²) >= 11 is 1.85. The van der Waals surface area contributed by atoms with E-state index in [-0.39, 0.29) is 5.41 Å². The molecule has 1 saturated heterocycles. The van der Waals surface area contributed by atoms with Gasteiger partial charge in [0.15, 0.2) is 5.96 Å². The Morgan fingerprint density at radius 3 is 2.41 bits per heavy atom. The molecule has 0 spiro atoms. The van der Waals surface area contributed by atoms with E-state index in [0.29, 0.717) is 6.54 Å². The largest absolute Gasteiger partial charge is 0.497 e. The van der Waals surface area contributed by atoms with Crippen molar-refractivity contribution in [2.75, 3.05) is 33.4 Å². The zero-order valence-electron chi connectivity index (χ0n) is 17.8. The van der Waals surface area contributed by atoms with E-state index in [2.05, 4.69) is 48.7 Å². The van der Waals surface area contributed by atoms with E-state index < -0.39 is 0 Å². The van der Waals surface area contributed by atoms with Crippen LogP contribution in [0.2, 0.25) is 0 Å². The van der Waals surface area contributed by atoms with Gasteiger partial charge in [-0.2, -0.15) is 0 Å². The van der Waals surface area contributed by atoms with Crippen molar-refractivity contribution in [3.05, 3.63) is 51.7 Å². The van der Waals surface area contributed by atoms with Gasteiger partial charge in [-0.25, -0.2) is 4.99 Å². The van der Waals surface area contributed by atoms with Gasteiger partial charge >= 0.3 is 0 Å². The number of nitrogens with one attached hydrogen (secondary N) is 2. The van der Waals surface area contributed by atoms with Crippen molar-refractivity contribution in [1.82, 2.24) is 10.6 Å². The van der Waals surface area contributed by atoms with Gasteiger partial charge in [0.2, 0.25) is 0 Å². The summed E-state index contributed by atoms with van der Waals surface area (Å²) in [5, 5.41) is 7.00. The summed E-state index contributed by atoms with van der Waals surface area (Å²) in [6.07, 6.45) is 3.08. The lowest BCUT2D eigenvalue weighted by molar-refractivity contribution is 0.0513. The van der Waals surface area contributed by atoms with E-state index in [4.69, 9.17) is 14.5 Å². The minimum absolute atomic E-state index is 0.0407. The smallest absolute Gasteiger partial charge is 0.191 e. The van der Waals surface area contributed by atoms with Gasteiger partial charge in [-0.05, 0) is 56.0 Å². The quantitative estimate of drug-likeness (QED) is 0.503. The molecule has 3 rings (SSSR count). The highest BCUT2D eigenvalue weighted by Crippen LogP contribution is 2.35. The van der Waals surface area contributed by atoms with Crippen molar-refractivity contribution in [2.45, 2.75) is 45.1 Å². The van der Waals surface area contributed by atoms with Crippen molar-refractivity contribution >= 4 is 17.3 Å². The van der Waals surface area contributed by atoms with Crippen LogP contribution in [0.1, 0.15) is 42.0 Å². The van der Waals surface area contributed by atoms with E-state index in [9.17, 15) is 0 Å². The monoisotopic (exact) mass is 415 g/mol. The number of rotatable bonds is 8. The Hall–Kier alpha value is -2.05. The number of methoxy groups -OCH3 is 1. The second kappa shape index (κ2) is 10.6. The fourth-order valence-corrected chi connectivity index (χ4v) is 4.61. The van der Waals surface area contributed by atoms with Crippen LogP contribution in [0.5, 0.6) is 5.75 Å². The maximum absolute atomic E-state index is 5.67. The SMILES string of the molecule is CCNC(=NCc1ccc(CC)s1)NCC1(c2ccc(OC)cc2)CCOCC1. The average molecular weight is 416 g/mol. The second-order valence-electron chi connectivity index (χ2n) is 7.39. The third-order valence-corrected chi connectivity index (χ3v) is 6.76. The van der Waals surface area contributed by atoms with Crippen LogP contribution >= 0.6 is 11.3 Å². The topological polar surface area (TPSA) is 54.9 Å². The lowest BCUT2D eigenvalue weighted by Crippen LogP contribution is -2.48. The van der Waals surface area contributed by atoms with Crippen LogP contribution in [0.25, 0.3) is 0 Å². The van der Waals surface area contributed by atoms with Gasteiger partial charge in [0.25, 0.3) is 0 Å². The molecule has 0 bridgehead atoms. The molecule has 158 valence electrons. The standard InChI is InChI=1S/C23H33N3O2S/c1-4-20-10-11-21(29-20)16-25-22(24-5-2)26-17-23(12-14-28-15-13-23)18-6-8-19(27-3)9-7-18/h6-11H,4-5,12-17H2,1-3H3,(H2,24,25,26). The van der Waals surface area contributed by atoms with Gasteiger partial charge in [-0.15, -0.1) is 11.3 Å². The molecule has 6 heteroatoms. The van der Waals surface area contributed by atoms with Crippen LogP contribution in [0.3, 0.4) is 0 Å².